The van der Waals surface area contributed by atoms with Crippen LogP contribution in [0.2, 0.25) is 0 Å². The van der Waals surface area contributed by atoms with E-state index in [1.54, 1.807) is 55.5 Å². The molecule has 8 nitrogen and oxygen atoms in total. The molecular weight excluding hydrogens is 625 g/mol. The Hall–Kier alpha value is -3.44. The summed E-state index contributed by atoms with van der Waals surface area (Å²) in [6.07, 6.45) is 1.97. The van der Waals surface area contributed by atoms with E-state index in [1.165, 1.54) is 29.2 Å². The number of sulfonamides is 1. The van der Waals surface area contributed by atoms with E-state index in [9.17, 15) is 22.4 Å². The summed E-state index contributed by atoms with van der Waals surface area (Å²) < 4.78 is 48.8. The van der Waals surface area contributed by atoms with Crippen LogP contribution in [-0.4, -0.2) is 50.9 Å². The normalized spacial score (nSPS) is 11.9. The van der Waals surface area contributed by atoms with Crippen LogP contribution in [0.5, 0.6) is 5.75 Å². The number of hydrogen-bond acceptors (Lipinski definition) is 5. The standard InChI is InChI=1S/C31H37BrFN3O5S/c1-4-7-20-34-31(38)29(5-2)35(21-23-8-12-25(33)13-9-23)30(37)22-36(26-14-16-27(17-15-26)41-6-3)42(39,40)28-18-10-24(32)11-19-28/h8-19,29H,4-7,20-22H2,1-3H3,(H,34,38). The highest BCUT2D eigenvalue weighted by Crippen LogP contribution is 2.27. The lowest BCUT2D eigenvalue weighted by atomic mass is 10.1. The molecule has 1 unspecified atom stereocenters. The van der Waals surface area contributed by atoms with E-state index in [2.05, 4.69) is 21.2 Å². The van der Waals surface area contributed by atoms with E-state index in [1.807, 2.05) is 13.8 Å². The molecule has 1 atom stereocenters. The van der Waals surface area contributed by atoms with Gasteiger partial charge in [-0.1, -0.05) is 48.3 Å². The van der Waals surface area contributed by atoms with Crippen molar-refractivity contribution in [3.05, 3.63) is 88.6 Å². The number of ether oxygens (including phenoxy) is 1. The first-order valence-electron chi connectivity index (χ1n) is 13.9. The van der Waals surface area contributed by atoms with Gasteiger partial charge in [0.2, 0.25) is 11.8 Å². The number of carbonyl (C=O) groups excluding carboxylic acids is 2. The molecule has 0 aliphatic rings. The van der Waals surface area contributed by atoms with Crippen molar-refractivity contribution in [1.82, 2.24) is 10.2 Å². The maximum Gasteiger partial charge on any atom is 0.264 e. The molecule has 0 aliphatic carbocycles. The van der Waals surface area contributed by atoms with E-state index in [-0.39, 0.29) is 23.0 Å². The Kier molecular flexibility index (Phi) is 12.4. The fourth-order valence-electron chi connectivity index (χ4n) is 4.35. The number of hydrogen-bond donors (Lipinski definition) is 1. The molecule has 0 saturated heterocycles. The predicted molar refractivity (Wildman–Crippen MR) is 165 cm³/mol. The van der Waals surface area contributed by atoms with Crippen molar-refractivity contribution < 1.29 is 27.1 Å². The minimum absolute atomic E-state index is 0.00168. The molecule has 1 N–H and O–H groups in total. The molecule has 0 aromatic heterocycles. The number of benzene rings is 3. The van der Waals surface area contributed by atoms with Crippen LogP contribution in [0.3, 0.4) is 0 Å². The topological polar surface area (TPSA) is 96.0 Å². The van der Waals surface area contributed by atoms with Gasteiger partial charge in [0.25, 0.3) is 10.0 Å². The Balaban J connectivity index is 2.03. The van der Waals surface area contributed by atoms with Crippen LogP contribution in [0, 0.1) is 5.82 Å². The minimum Gasteiger partial charge on any atom is -0.494 e. The van der Waals surface area contributed by atoms with Crippen molar-refractivity contribution in [2.24, 2.45) is 0 Å². The van der Waals surface area contributed by atoms with E-state index >= 15 is 0 Å². The Morgan fingerprint density at radius 3 is 2.17 bits per heavy atom. The third kappa shape index (κ3) is 8.78. The van der Waals surface area contributed by atoms with Crippen LogP contribution in [0.25, 0.3) is 0 Å². The van der Waals surface area contributed by atoms with E-state index in [0.717, 1.165) is 17.1 Å². The van der Waals surface area contributed by atoms with Gasteiger partial charge < -0.3 is 15.0 Å². The predicted octanol–water partition coefficient (Wildman–Crippen LogP) is 5.91. The van der Waals surface area contributed by atoms with Gasteiger partial charge in [0.05, 0.1) is 17.2 Å². The molecule has 226 valence electrons. The summed E-state index contributed by atoms with van der Waals surface area (Å²) in [6, 6.07) is 17.3. The summed E-state index contributed by atoms with van der Waals surface area (Å²) in [6.45, 7) is 5.97. The first-order chi connectivity index (χ1) is 20.1. The third-order valence-corrected chi connectivity index (χ3v) is 8.91. The van der Waals surface area contributed by atoms with Gasteiger partial charge in [-0.25, -0.2) is 12.8 Å². The molecule has 0 fully saturated rings. The van der Waals surface area contributed by atoms with Gasteiger partial charge in [-0.3, -0.25) is 13.9 Å². The molecule has 0 saturated carbocycles. The molecule has 3 aromatic carbocycles. The number of halogens is 2. The van der Waals surface area contributed by atoms with Gasteiger partial charge in [0, 0.05) is 17.6 Å². The van der Waals surface area contributed by atoms with Crippen molar-refractivity contribution in [1.29, 1.82) is 0 Å². The first kappa shape index (κ1) is 33.1. The van der Waals surface area contributed by atoms with E-state index in [4.69, 9.17) is 4.74 Å². The van der Waals surface area contributed by atoms with E-state index in [0.29, 0.717) is 35.4 Å². The molecule has 0 aliphatic heterocycles. The van der Waals surface area contributed by atoms with Crippen molar-refractivity contribution in [3.63, 3.8) is 0 Å². The highest BCUT2D eigenvalue weighted by atomic mass is 79.9. The Morgan fingerprint density at radius 2 is 1.60 bits per heavy atom. The number of nitrogens with zero attached hydrogens (tertiary/aromatic N) is 2. The summed E-state index contributed by atoms with van der Waals surface area (Å²) in [5.41, 5.74) is 0.866. The average molecular weight is 663 g/mol. The summed E-state index contributed by atoms with van der Waals surface area (Å²) in [5, 5.41) is 2.89. The van der Waals surface area contributed by atoms with Crippen LogP contribution >= 0.6 is 15.9 Å². The highest BCUT2D eigenvalue weighted by molar-refractivity contribution is 9.10. The monoisotopic (exact) mass is 661 g/mol. The molecule has 2 amide bonds. The average Bonchev–Trinajstić information content (AvgIpc) is 2.97. The van der Waals surface area contributed by atoms with Gasteiger partial charge in [0.1, 0.15) is 24.2 Å². The van der Waals surface area contributed by atoms with Gasteiger partial charge in [-0.2, -0.15) is 0 Å². The molecule has 3 aromatic rings. The third-order valence-electron chi connectivity index (χ3n) is 6.60. The number of unbranched alkanes of at least 4 members (excludes halogenated alkanes) is 1. The van der Waals surface area contributed by atoms with Gasteiger partial charge in [-0.15, -0.1) is 0 Å². The quantitative estimate of drug-likeness (QED) is 0.205. The first-order valence-corrected chi connectivity index (χ1v) is 16.2. The zero-order valence-electron chi connectivity index (χ0n) is 24.1. The Labute approximate surface area is 256 Å². The number of carbonyl (C=O) groups is 2. The van der Waals surface area contributed by atoms with Crippen molar-refractivity contribution in [2.75, 3.05) is 24.0 Å². The number of rotatable bonds is 15. The molecule has 0 heterocycles. The largest absolute Gasteiger partial charge is 0.494 e. The van der Waals surface area contributed by atoms with Crippen molar-refractivity contribution in [3.8, 4) is 5.75 Å². The van der Waals surface area contributed by atoms with Crippen LogP contribution in [0.15, 0.2) is 82.2 Å². The summed E-state index contributed by atoms with van der Waals surface area (Å²) in [4.78, 5) is 28.7. The Bertz CT molecular complexity index is 1420. The molecule has 11 heteroatoms. The second kappa shape index (κ2) is 15.7. The summed E-state index contributed by atoms with van der Waals surface area (Å²) >= 11 is 3.33. The molecule has 0 bridgehead atoms. The number of nitrogens with one attached hydrogen (secondary N) is 1. The zero-order chi connectivity index (χ0) is 30.7. The number of amides is 2. The lowest BCUT2D eigenvalue weighted by Gasteiger charge is -2.33. The number of anilines is 1. The van der Waals surface area contributed by atoms with Crippen molar-refractivity contribution >= 4 is 43.5 Å². The van der Waals surface area contributed by atoms with Crippen LogP contribution < -0.4 is 14.4 Å². The maximum atomic E-state index is 14.1. The molecule has 3 rings (SSSR count). The second-order valence-corrected chi connectivity index (χ2v) is 12.4. The fraction of sp³-hybridized carbons (Fsp3) is 0.355. The maximum absolute atomic E-state index is 14.1. The molecule has 0 radical (unpaired) electrons. The van der Waals surface area contributed by atoms with Gasteiger partial charge in [0.15, 0.2) is 0 Å². The molecule has 42 heavy (non-hydrogen) atoms. The van der Waals surface area contributed by atoms with Gasteiger partial charge >= 0.3 is 0 Å². The van der Waals surface area contributed by atoms with Crippen LogP contribution in [-0.2, 0) is 26.2 Å². The van der Waals surface area contributed by atoms with Crippen LogP contribution in [0.4, 0.5) is 10.1 Å². The molecular formula is C31H37BrFN3O5S. The zero-order valence-corrected chi connectivity index (χ0v) is 26.5. The second-order valence-electron chi connectivity index (χ2n) is 9.61. The highest BCUT2D eigenvalue weighted by Gasteiger charge is 2.33. The minimum atomic E-state index is -4.20. The Morgan fingerprint density at radius 1 is 0.952 bits per heavy atom. The fourth-order valence-corrected chi connectivity index (χ4v) is 6.03. The smallest absolute Gasteiger partial charge is 0.264 e. The van der Waals surface area contributed by atoms with E-state index < -0.39 is 34.3 Å². The summed E-state index contributed by atoms with van der Waals surface area (Å²) in [7, 11) is -4.20. The van der Waals surface area contributed by atoms with Crippen LogP contribution in [0.1, 0.15) is 45.6 Å². The lowest BCUT2D eigenvalue weighted by molar-refractivity contribution is -0.140. The van der Waals surface area contributed by atoms with Gasteiger partial charge in [-0.05, 0) is 86.0 Å². The summed E-state index contributed by atoms with van der Waals surface area (Å²) in [5.74, 6) is -0.777. The SMILES string of the molecule is CCCCNC(=O)C(CC)N(Cc1ccc(F)cc1)C(=O)CN(c1ccc(OCC)cc1)S(=O)(=O)c1ccc(Br)cc1. The lowest BCUT2D eigenvalue weighted by Crippen LogP contribution is -2.52. The molecule has 0 spiro atoms. The van der Waals surface area contributed by atoms with Crippen molar-refractivity contribution in [2.45, 2.75) is 57.5 Å².